The van der Waals surface area contributed by atoms with E-state index in [4.69, 9.17) is 16.3 Å². The molecule has 2 rings (SSSR count). The van der Waals surface area contributed by atoms with Crippen LogP contribution in [-0.2, 0) is 4.74 Å². The maximum Gasteiger partial charge on any atom is 0.254 e. The van der Waals surface area contributed by atoms with Crippen LogP contribution in [0.5, 0.6) is 0 Å². The number of aryl methyl sites for hydroxylation is 1. The Balaban J connectivity index is 2.10. The number of carbonyl (C=O) groups excluding carboxylic acids is 1. The van der Waals surface area contributed by atoms with Crippen molar-refractivity contribution in [3.05, 3.63) is 28.5 Å². The molecular formula is C14H19ClN2O2. The standard InChI is InChI=1S/C14H19ClN2O2/c1-3-17(8-11-4-5-19-9-11)14(18)12-6-10(2)16-13(15)7-12/h6-7,11H,3-5,8-9H2,1-2H3. The molecule has 0 aliphatic carbocycles. The van der Waals surface area contributed by atoms with E-state index >= 15 is 0 Å². The van der Waals surface area contributed by atoms with Crippen molar-refractivity contribution in [1.82, 2.24) is 9.88 Å². The molecule has 1 unspecified atom stereocenters. The van der Waals surface area contributed by atoms with Gasteiger partial charge in [0.05, 0.1) is 6.61 Å². The number of hydrogen-bond acceptors (Lipinski definition) is 3. The van der Waals surface area contributed by atoms with Gasteiger partial charge in [0.1, 0.15) is 5.15 Å². The Kier molecular flexibility index (Phi) is 4.77. The molecule has 1 fully saturated rings. The third-order valence-electron chi connectivity index (χ3n) is 3.34. The number of nitrogens with zero attached hydrogens (tertiary/aromatic N) is 2. The average molecular weight is 283 g/mol. The fourth-order valence-electron chi connectivity index (χ4n) is 2.33. The Morgan fingerprint density at radius 2 is 2.37 bits per heavy atom. The molecule has 1 aromatic rings. The highest BCUT2D eigenvalue weighted by Crippen LogP contribution is 2.17. The zero-order valence-corrected chi connectivity index (χ0v) is 12.1. The first-order valence-electron chi connectivity index (χ1n) is 6.61. The molecule has 0 aromatic carbocycles. The number of pyridine rings is 1. The van der Waals surface area contributed by atoms with Gasteiger partial charge >= 0.3 is 0 Å². The van der Waals surface area contributed by atoms with E-state index in [1.165, 1.54) is 0 Å². The Hall–Kier alpha value is -1.13. The lowest BCUT2D eigenvalue weighted by Crippen LogP contribution is -2.35. The van der Waals surface area contributed by atoms with Gasteiger partial charge in [-0.15, -0.1) is 0 Å². The number of halogens is 1. The van der Waals surface area contributed by atoms with E-state index in [1.807, 2.05) is 18.7 Å². The van der Waals surface area contributed by atoms with Crippen LogP contribution in [0, 0.1) is 12.8 Å². The monoisotopic (exact) mass is 282 g/mol. The summed E-state index contributed by atoms with van der Waals surface area (Å²) >= 11 is 5.91. The Morgan fingerprint density at radius 3 is 2.95 bits per heavy atom. The van der Waals surface area contributed by atoms with E-state index in [0.29, 0.717) is 23.2 Å². The maximum atomic E-state index is 12.5. The van der Waals surface area contributed by atoms with Crippen LogP contribution in [0.15, 0.2) is 12.1 Å². The quantitative estimate of drug-likeness (QED) is 0.797. The van der Waals surface area contributed by atoms with E-state index in [0.717, 1.165) is 31.9 Å². The molecule has 1 saturated heterocycles. The lowest BCUT2D eigenvalue weighted by atomic mass is 10.1. The molecule has 0 spiro atoms. The van der Waals surface area contributed by atoms with Gasteiger partial charge in [0.2, 0.25) is 0 Å². The van der Waals surface area contributed by atoms with Crippen molar-refractivity contribution in [3.8, 4) is 0 Å². The van der Waals surface area contributed by atoms with Crippen LogP contribution in [0.2, 0.25) is 5.15 Å². The van der Waals surface area contributed by atoms with Gasteiger partial charge in [0.15, 0.2) is 0 Å². The molecule has 4 nitrogen and oxygen atoms in total. The highest BCUT2D eigenvalue weighted by atomic mass is 35.5. The molecule has 0 N–H and O–H groups in total. The first kappa shape index (κ1) is 14.3. The van der Waals surface area contributed by atoms with Gasteiger partial charge in [0.25, 0.3) is 5.91 Å². The van der Waals surface area contributed by atoms with E-state index in [2.05, 4.69) is 4.98 Å². The number of aromatic nitrogens is 1. The van der Waals surface area contributed by atoms with Crippen molar-refractivity contribution in [3.63, 3.8) is 0 Å². The lowest BCUT2D eigenvalue weighted by molar-refractivity contribution is 0.0730. The molecule has 0 radical (unpaired) electrons. The van der Waals surface area contributed by atoms with Crippen LogP contribution in [-0.4, -0.2) is 42.1 Å². The minimum Gasteiger partial charge on any atom is -0.381 e. The Morgan fingerprint density at radius 1 is 1.58 bits per heavy atom. The molecule has 0 bridgehead atoms. The van der Waals surface area contributed by atoms with E-state index in [-0.39, 0.29) is 5.91 Å². The minimum absolute atomic E-state index is 0.0156. The minimum atomic E-state index is 0.0156. The summed E-state index contributed by atoms with van der Waals surface area (Å²) in [5.41, 5.74) is 1.37. The summed E-state index contributed by atoms with van der Waals surface area (Å²) in [6.07, 6.45) is 1.03. The molecule has 19 heavy (non-hydrogen) atoms. The number of hydrogen-bond donors (Lipinski definition) is 0. The topological polar surface area (TPSA) is 42.4 Å². The van der Waals surface area contributed by atoms with Crippen LogP contribution in [0.25, 0.3) is 0 Å². The number of carbonyl (C=O) groups is 1. The Labute approximate surface area is 118 Å². The average Bonchev–Trinajstić information content (AvgIpc) is 2.86. The van der Waals surface area contributed by atoms with Crippen LogP contribution >= 0.6 is 11.6 Å². The summed E-state index contributed by atoms with van der Waals surface area (Å²) in [4.78, 5) is 18.4. The molecule has 1 aliphatic heterocycles. The first-order valence-corrected chi connectivity index (χ1v) is 6.99. The zero-order valence-electron chi connectivity index (χ0n) is 11.4. The van der Waals surface area contributed by atoms with Crippen LogP contribution in [0.4, 0.5) is 0 Å². The zero-order chi connectivity index (χ0) is 13.8. The third-order valence-corrected chi connectivity index (χ3v) is 3.53. The molecule has 1 aliphatic rings. The van der Waals surface area contributed by atoms with E-state index < -0.39 is 0 Å². The highest BCUT2D eigenvalue weighted by molar-refractivity contribution is 6.29. The van der Waals surface area contributed by atoms with Crippen molar-refractivity contribution in [2.75, 3.05) is 26.3 Å². The second kappa shape index (κ2) is 6.35. The van der Waals surface area contributed by atoms with Gasteiger partial charge in [-0.1, -0.05) is 11.6 Å². The molecule has 2 heterocycles. The van der Waals surface area contributed by atoms with Gasteiger partial charge in [0, 0.05) is 36.9 Å². The summed E-state index contributed by atoms with van der Waals surface area (Å²) < 4.78 is 5.36. The largest absolute Gasteiger partial charge is 0.381 e. The summed E-state index contributed by atoms with van der Waals surface area (Å²) in [5.74, 6) is 0.462. The van der Waals surface area contributed by atoms with Crippen LogP contribution in [0.3, 0.4) is 0 Å². The molecular weight excluding hydrogens is 264 g/mol. The van der Waals surface area contributed by atoms with Gasteiger partial charge < -0.3 is 9.64 Å². The van der Waals surface area contributed by atoms with Gasteiger partial charge in [-0.2, -0.15) is 0 Å². The SMILES string of the molecule is CCN(CC1CCOC1)C(=O)c1cc(C)nc(Cl)c1. The van der Waals surface area contributed by atoms with Gasteiger partial charge in [-0.3, -0.25) is 4.79 Å². The van der Waals surface area contributed by atoms with Crippen LogP contribution < -0.4 is 0 Å². The maximum absolute atomic E-state index is 12.5. The van der Waals surface area contributed by atoms with Crippen molar-refractivity contribution < 1.29 is 9.53 Å². The summed E-state index contributed by atoms with van der Waals surface area (Å²) in [6.45, 7) is 6.81. The van der Waals surface area contributed by atoms with Gasteiger partial charge in [-0.05, 0) is 32.4 Å². The normalized spacial score (nSPS) is 18.6. The van der Waals surface area contributed by atoms with Crippen molar-refractivity contribution >= 4 is 17.5 Å². The second-order valence-corrected chi connectivity index (χ2v) is 5.28. The number of rotatable bonds is 4. The third kappa shape index (κ3) is 3.67. The number of amides is 1. The summed E-state index contributed by atoms with van der Waals surface area (Å²) in [5, 5.41) is 0.364. The molecule has 1 aromatic heterocycles. The predicted molar refractivity (Wildman–Crippen MR) is 74.5 cm³/mol. The Bertz CT molecular complexity index is 439. The van der Waals surface area contributed by atoms with Crippen molar-refractivity contribution in [2.45, 2.75) is 20.3 Å². The molecule has 0 saturated carbocycles. The fourth-order valence-corrected chi connectivity index (χ4v) is 2.58. The first-order chi connectivity index (χ1) is 9.10. The lowest BCUT2D eigenvalue weighted by Gasteiger charge is -2.24. The van der Waals surface area contributed by atoms with Crippen molar-refractivity contribution in [2.24, 2.45) is 5.92 Å². The number of ether oxygens (including phenoxy) is 1. The second-order valence-electron chi connectivity index (χ2n) is 4.89. The van der Waals surface area contributed by atoms with Crippen molar-refractivity contribution in [1.29, 1.82) is 0 Å². The predicted octanol–water partition coefficient (Wildman–Crippen LogP) is 2.54. The molecule has 1 atom stereocenters. The summed E-state index contributed by atoms with van der Waals surface area (Å²) in [7, 11) is 0. The van der Waals surface area contributed by atoms with Gasteiger partial charge in [-0.25, -0.2) is 4.98 Å². The summed E-state index contributed by atoms with van der Waals surface area (Å²) in [6, 6.07) is 3.41. The smallest absolute Gasteiger partial charge is 0.254 e. The van der Waals surface area contributed by atoms with Crippen LogP contribution in [0.1, 0.15) is 29.4 Å². The van der Waals surface area contributed by atoms with E-state index in [9.17, 15) is 4.79 Å². The highest BCUT2D eigenvalue weighted by Gasteiger charge is 2.22. The fraction of sp³-hybridized carbons (Fsp3) is 0.571. The van der Waals surface area contributed by atoms with E-state index in [1.54, 1.807) is 12.1 Å². The molecule has 5 heteroatoms. The molecule has 104 valence electrons. The molecule has 1 amide bonds.